The predicted molar refractivity (Wildman–Crippen MR) is 57.1 cm³/mol. The van der Waals surface area contributed by atoms with Crippen LogP contribution in [0.2, 0.25) is 0 Å². The molecule has 3 aliphatic carbocycles. The molecule has 2 bridgehead atoms. The van der Waals surface area contributed by atoms with E-state index in [0.717, 1.165) is 24.2 Å². The van der Waals surface area contributed by atoms with E-state index in [9.17, 15) is 4.79 Å². The minimum atomic E-state index is -0.0185. The molecule has 0 heterocycles. The Kier molecular flexibility index (Phi) is 2.11. The molecule has 0 aromatic carbocycles. The second-order valence-corrected chi connectivity index (χ2v) is 5.18. The van der Waals surface area contributed by atoms with Gasteiger partial charge in [0.2, 0.25) is 0 Å². The Balaban J connectivity index is 1.69. The van der Waals surface area contributed by atoms with Crippen molar-refractivity contribution in [3.63, 3.8) is 0 Å². The van der Waals surface area contributed by atoms with Gasteiger partial charge >= 0.3 is 5.97 Å². The highest BCUT2D eigenvalue weighted by atomic mass is 16.5. The van der Waals surface area contributed by atoms with Gasteiger partial charge in [0.05, 0.1) is 0 Å². The molecule has 5 atom stereocenters. The zero-order chi connectivity index (χ0) is 10.4. The Morgan fingerprint density at radius 3 is 3.07 bits per heavy atom. The van der Waals surface area contributed by atoms with E-state index in [4.69, 9.17) is 4.74 Å². The molecule has 0 spiro atoms. The Labute approximate surface area is 90.7 Å². The average Bonchev–Trinajstić information content (AvgIpc) is 2.87. The molecule has 3 aliphatic rings. The number of hydrogen-bond donors (Lipinski definition) is 0. The number of allylic oxidation sites excluding steroid dienone is 2. The molecule has 2 saturated carbocycles. The highest BCUT2D eigenvalue weighted by molar-refractivity contribution is 5.69. The third-order valence-electron chi connectivity index (χ3n) is 4.51. The second-order valence-electron chi connectivity index (χ2n) is 5.18. The van der Waals surface area contributed by atoms with Crippen LogP contribution >= 0.6 is 0 Å². The van der Waals surface area contributed by atoms with Gasteiger partial charge in [-0.05, 0) is 42.9 Å². The highest BCUT2D eigenvalue weighted by Gasteiger charge is 2.53. The summed E-state index contributed by atoms with van der Waals surface area (Å²) >= 11 is 0. The maximum absolute atomic E-state index is 11.3. The Morgan fingerprint density at radius 2 is 2.27 bits per heavy atom. The van der Waals surface area contributed by atoms with Gasteiger partial charge in [0, 0.05) is 6.42 Å². The Hall–Kier alpha value is -0.790. The van der Waals surface area contributed by atoms with Crippen molar-refractivity contribution >= 4 is 5.97 Å². The topological polar surface area (TPSA) is 26.3 Å². The first-order valence-electron chi connectivity index (χ1n) is 6.15. The van der Waals surface area contributed by atoms with E-state index in [0.29, 0.717) is 12.3 Å². The number of hydrogen-bond acceptors (Lipinski definition) is 2. The fourth-order valence-corrected chi connectivity index (χ4v) is 3.88. The van der Waals surface area contributed by atoms with Crippen molar-refractivity contribution in [2.75, 3.05) is 0 Å². The van der Waals surface area contributed by atoms with Crippen molar-refractivity contribution in [3.05, 3.63) is 12.2 Å². The summed E-state index contributed by atoms with van der Waals surface area (Å²) in [5.41, 5.74) is 0. The molecule has 2 fully saturated rings. The van der Waals surface area contributed by atoms with Crippen LogP contribution in [0.1, 0.15) is 32.6 Å². The lowest BCUT2D eigenvalue weighted by Crippen LogP contribution is -2.32. The van der Waals surface area contributed by atoms with E-state index < -0.39 is 0 Å². The molecule has 0 radical (unpaired) electrons. The molecule has 0 N–H and O–H groups in total. The zero-order valence-electron chi connectivity index (χ0n) is 9.19. The van der Waals surface area contributed by atoms with Crippen LogP contribution in [0.3, 0.4) is 0 Å². The summed E-state index contributed by atoms with van der Waals surface area (Å²) in [4.78, 5) is 11.3. The summed E-state index contributed by atoms with van der Waals surface area (Å²) in [5.74, 6) is 3.04. The number of carbonyl (C=O) groups excluding carboxylic acids is 1. The van der Waals surface area contributed by atoms with Gasteiger partial charge in [0.25, 0.3) is 0 Å². The summed E-state index contributed by atoms with van der Waals surface area (Å²) in [7, 11) is 0. The van der Waals surface area contributed by atoms with Crippen LogP contribution in [-0.2, 0) is 9.53 Å². The molecule has 0 amide bonds. The van der Waals surface area contributed by atoms with Gasteiger partial charge in [-0.25, -0.2) is 0 Å². The third-order valence-corrected chi connectivity index (χ3v) is 4.51. The normalized spacial score (nSPS) is 45.8. The van der Waals surface area contributed by atoms with Crippen molar-refractivity contribution < 1.29 is 9.53 Å². The van der Waals surface area contributed by atoms with E-state index in [1.165, 1.54) is 12.8 Å². The number of carbonyl (C=O) groups is 1. The van der Waals surface area contributed by atoms with E-state index in [2.05, 4.69) is 12.2 Å². The van der Waals surface area contributed by atoms with Gasteiger partial charge in [-0.3, -0.25) is 4.79 Å². The van der Waals surface area contributed by atoms with Crippen LogP contribution in [0.25, 0.3) is 0 Å². The molecule has 0 aromatic heterocycles. The van der Waals surface area contributed by atoms with Gasteiger partial charge < -0.3 is 4.74 Å². The molecule has 0 aromatic rings. The molecular weight excluding hydrogens is 188 g/mol. The molecule has 15 heavy (non-hydrogen) atoms. The van der Waals surface area contributed by atoms with Gasteiger partial charge in [-0.1, -0.05) is 19.1 Å². The molecule has 0 aliphatic heterocycles. The van der Waals surface area contributed by atoms with Crippen LogP contribution in [0.15, 0.2) is 12.2 Å². The average molecular weight is 206 g/mol. The molecule has 82 valence electrons. The standard InChI is InChI=1S/C13H18O2/c1-2-13(14)15-12-7-8-6-11(12)10-5-3-4-9(8)10/h3-4,8-12H,2,5-7H2,1H3/t8-,9-,10+,11+,12-/m0/s1. The number of rotatable bonds is 2. The first kappa shape index (κ1) is 9.44. The van der Waals surface area contributed by atoms with Crippen LogP contribution < -0.4 is 0 Å². The fraction of sp³-hybridized carbons (Fsp3) is 0.769. The van der Waals surface area contributed by atoms with Crippen molar-refractivity contribution in [2.45, 2.75) is 38.7 Å². The van der Waals surface area contributed by atoms with E-state index >= 15 is 0 Å². The minimum absolute atomic E-state index is 0.0185. The SMILES string of the molecule is CCC(=O)O[C@H]1C[C@@H]2C[C@@H]1[C@@H]1CC=C[C@@H]21. The van der Waals surface area contributed by atoms with Crippen LogP contribution in [-0.4, -0.2) is 12.1 Å². The van der Waals surface area contributed by atoms with Crippen molar-refractivity contribution in [2.24, 2.45) is 23.7 Å². The molecule has 2 nitrogen and oxygen atoms in total. The lowest BCUT2D eigenvalue weighted by atomic mass is 9.80. The third kappa shape index (κ3) is 1.34. The van der Waals surface area contributed by atoms with E-state index in [1.807, 2.05) is 6.92 Å². The molecule has 2 heteroatoms. The lowest BCUT2D eigenvalue weighted by Gasteiger charge is -2.30. The summed E-state index contributed by atoms with van der Waals surface area (Å²) in [5, 5.41) is 0. The number of esters is 1. The summed E-state index contributed by atoms with van der Waals surface area (Å²) in [6.45, 7) is 1.87. The first-order chi connectivity index (χ1) is 7.29. The van der Waals surface area contributed by atoms with Gasteiger partial charge in [-0.15, -0.1) is 0 Å². The van der Waals surface area contributed by atoms with Crippen LogP contribution in [0, 0.1) is 23.7 Å². The lowest BCUT2D eigenvalue weighted by molar-refractivity contribution is -0.152. The number of fused-ring (bicyclic) bond motifs is 5. The quantitative estimate of drug-likeness (QED) is 0.512. The Morgan fingerprint density at radius 1 is 1.40 bits per heavy atom. The van der Waals surface area contributed by atoms with Crippen LogP contribution in [0.5, 0.6) is 0 Å². The maximum atomic E-state index is 11.3. The molecule has 0 unspecified atom stereocenters. The van der Waals surface area contributed by atoms with Crippen LogP contribution in [0.4, 0.5) is 0 Å². The Bertz CT molecular complexity index is 308. The smallest absolute Gasteiger partial charge is 0.305 e. The maximum Gasteiger partial charge on any atom is 0.305 e. The summed E-state index contributed by atoms with van der Waals surface area (Å²) < 4.78 is 5.54. The largest absolute Gasteiger partial charge is 0.462 e. The van der Waals surface area contributed by atoms with E-state index in [1.54, 1.807) is 0 Å². The molecule has 0 saturated heterocycles. The fourth-order valence-electron chi connectivity index (χ4n) is 3.88. The number of ether oxygens (including phenoxy) is 1. The monoisotopic (exact) mass is 206 g/mol. The van der Waals surface area contributed by atoms with Gasteiger partial charge in [-0.2, -0.15) is 0 Å². The minimum Gasteiger partial charge on any atom is -0.462 e. The zero-order valence-corrected chi connectivity index (χ0v) is 9.19. The van der Waals surface area contributed by atoms with Gasteiger partial charge in [0.15, 0.2) is 0 Å². The van der Waals surface area contributed by atoms with E-state index in [-0.39, 0.29) is 12.1 Å². The summed E-state index contributed by atoms with van der Waals surface area (Å²) in [6.07, 6.45) is 9.09. The van der Waals surface area contributed by atoms with Crippen molar-refractivity contribution in [3.8, 4) is 0 Å². The second kappa shape index (κ2) is 3.36. The van der Waals surface area contributed by atoms with Gasteiger partial charge in [0.1, 0.15) is 6.10 Å². The molecule has 3 rings (SSSR count). The van der Waals surface area contributed by atoms with Crippen molar-refractivity contribution in [1.29, 1.82) is 0 Å². The molecular formula is C13H18O2. The van der Waals surface area contributed by atoms with Crippen molar-refractivity contribution in [1.82, 2.24) is 0 Å². The predicted octanol–water partition coefficient (Wildman–Crippen LogP) is 2.54. The first-order valence-corrected chi connectivity index (χ1v) is 6.15. The highest BCUT2D eigenvalue weighted by Crippen LogP contribution is 2.57. The summed E-state index contributed by atoms with van der Waals surface area (Å²) in [6, 6.07) is 0.